The summed E-state index contributed by atoms with van der Waals surface area (Å²) in [6.07, 6.45) is -1.91. The molecule has 0 radical (unpaired) electrons. The van der Waals surface area contributed by atoms with Gasteiger partial charge in [0.25, 0.3) is 5.91 Å². The highest BCUT2D eigenvalue weighted by Crippen LogP contribution is 2.33. The first-order chi connectivity index (χ1) is 8.88. The van der Waals surface area contributed by atoms with Crippen molar-refractivity contribution in [1.29, 1.82) is 0 Å². The number of benzene rings is 1. The summed E-state index contributed by atoms with van der Waals surface area (Å²) in [4.78, 5) is 14.3. The van der Waals surface area contributed by atoms with Gasteiger partial charge in [-0.25, -0.2) is 4.39 Å². The fourth-order valence-corrected chi connectivity index (χ4v) is 1.49. The maximum atomic E-state index is 13.0. The van der Waals surface area contributed by atoms with Crippen molar-refractivity contribution in [3.8, 4) is 0 Å². The van der Waals surface area contributed by atoms with E-state index in [1.165, 1.54) is 18.5 Å². The van der Waals surface area contributed by atoms with Crippen LogP contribution >= 0.6 is 0 Å². The smallest absolute Gasteiger partial charge is 0.367 e. The molecule has 0 aliphatic rings. The van der Waals surface area contributed by atoms with Crippen molar-refractivity contribution in [1.82, 2.24) is 4.98 Å². The van der Waals surface area contributed by atoms with Gasteiger partial charge < -0.3 is 10.3 Å². The summed E-state index contributed by atoms with van der Waals surface area (Å²) < 4.78 is 50.5. The number of carbonyl (C=O) groups excluding carboxylic acids is 1. The van der Waals surface area contributed by atoms with E-state index >= 15 is 0 Å². The Morgan fingerprint density at radius 3 is 2.53 bits per heavy atom. The summed E-state index contributed by atoms with van der Waals surface area (Å²) >= 11 is 0. The number of hydrogen-bond acceptors (Lipinski definition) is 1. The molecule has 0 aliphatic carbocycles. The molecule has 7 heteroatoms. The molecule has 0 bridgehead atoms. The lowest BCUT2D eigenvalue weighted by Gasteiger charge is -2.10. The molecule has 1 aromatic carbocycles. The summed E-state index contributed by atoms with van der Waals surface area (Å²) in [6.45, 7) is 0. The van der Waals surface area contributed by atoms with Gasteiger partial charge >= 0.3 is 6.18 Å². The van der Waals surface area contributed by atoms with Crippen LogP contribution in [0.15, 0.2) is 36.7 Å². The van der Waals surface area contributed by atoms with E-state index < -0.39 is 23.5 Å². The molecule has 0 atom stereocenters. The normalized spacial score (nSPS) is 11.4. The van der Waals surface area contributed by atoms with Crippen molar-refractivity contribution in [3.05, 3.63) is 53.6 Å². The molecular weight excluding hydrogens is 264 g/mol. The highest BCUT2D eigenvalue weighted by molar-refractivity contribution is 6.04. The summed E-state index contributed by atoms with van der Waals surface area (Å²) in [6, 6.07) is 3.74. The van der Waals surface area contributed by atoms with Crippen molar-refractivity contribution < 1.29 is 22.4 Å². The van der Waals surface area contributed by atoms with Crippen molar-refractivity contribution in [3.63, 3.8) is 0 Å². The van der Waals surface area contributed by atoms with Gasteiger partial charge in [0, 0.05) is 18.1 Å². The molecule has 0 saturated carbocycles. The fourth-order valence-electron chi connectivity index (χ4n) is 1.49. The minimum absolute atomic E-state index is 0.125. The first kappa shape index (κ1) is 13.1. The first-order valence-electron chi connectivity index (χ1n) is 5.19. The molecule has 2 N–H and O–H groups in total. The van der Waals surface area contributed by atoms with Crippen LogP contribution in [0.25, 0.3) is 0 Å². The Hall–Kier alpha value is -2.31. The zero-order chi connectivity index (χ0) is 14.0. The second kappa shape index (κ2) is 4.75. The Bertz CT molecular complexity index is 590. The van der Waals surface area contributed by atoms with E-state index in [0.29, 0.717) is 12.1 Å². The Morgan fingerprint density at radius 2 is 1.95 bits per heavy atom. The second-order valence-corrected chi connectivity index (χ2v) is 3.75. The van der Waals surface area contributed by atoms with Gasteiger partial charge in [-0.15, -0.1) is 0 Å². The van der Waals surface area contributed by atoms with Crippen LogP contribution in [0.2, 0.25) is 0 Å². The fraction of sp³-hybridized carbons (Fsp3) is 0.0833. The number of nitrogens with one attached hydrogen (secondary N) is 2. The molecule has 3 nitrogen and oxygen atoms in total. The second-order valence-electron chi connectivity index (χ2n) is 3.75. The Labute approximate surface area is 105 Å². The third-order valence-corrected chi connectivity index (χ3v) is 2.39. The van der Waals surface area contributed by atoms with Crippen LogP contribution in [-0.2, 0) is 6.18 Å². The quantitative estimate of drug-likeness (QED) is 0.808. The zero-order valence-corrected chi connectivity index (χ0v) is 9.38. The molecule has 0 fully saturated rings. The third kappa shape index (κ3) is 2.93. The van der Waals surface area contributed by atoms with E-state index in [1.807, 2.05) is 0 Å². The number of amides is 1. The molecule has 100 valence electrons. The van der Waals surface area contributed by atoms with Crippen LogP contribution in [-0.4, -0.2) is 10.9 Å². The molecule has 0 spiro atoms. The molecule has 0 saturated heterocycles. The maximum absolute atomic E-state index is 13.0. The molecule has 1 amide bonds. The van der Waals surface area contributed by atoms with E-state index in [-0.39, 0.29) is 11.3 Å². The number of halogens is 4. The lowest BCUT2D eigenvalue weighted by atomic mass is 10.1. The lowest BCUT2D eigenvalue weighted by molar-refractivity contribution is -0.139. The number of hydrogen-bond donors (Lipinski definition) is 2. The maximum Gasteiger partial charge on any atom is 0.419 e. The van der Waals surface area contributed by atoms with Crippen LogP contribution in [0.1, 0.15) is 15.9 Å². The number of H-pyrrole nitrogens is 1. The van der Waals surface area contributed by atoms with Crippen molar-refractivity contribution in [2.45, 2.75) is 6.18 Å². The standard InChI is InChI=1S/C12H8F4N2O/c13-10-2-1-8(5-9(10)12(14,15)16)18-11(19)7-3-4-17-6-7/h1-6,17H,(H,18,19). The van der Waals surface area contributed by atoms with Gasteiger partial charge in [0.15, 0.2) is 0 Å². The van der Waals surface area contributed by atoms with E-state index in [4.69, 9.17) is 0 Å². The monoisotopic (exact) mass is 272 g/mol. The average Bonchev–Trinajstić information content (AvgIpc) is 2.83. The number of aromatic nitrogens is 1. The van der Waals surface area contributed by atoms with Crippen molar-refractivity contribution >= 4 is 11.6 Å². The number of alkyl halides is 3. The van der Waals surface area contributed by atoms with Crippen molar-refractivity contribution in [2.75, 3.05) is 5.32 Å². The third-order valence-electron chi connectivity index (χ3n) is 2.39. The summed E-state index contributed by atoms with van der Waals surface area (Å²) in [5.74, 6) is -1.96. The lowest BCUT2D eigenvalue weighted by Crippen LogP contribution is -2.13. The number of rotatable bonds is 2. The van der Waals surface area contributed by atoms with Crippen molar-refractivity contribution in [2.24, 2.45) is 0 Å². The Morgan fingerprint density at radius 1 is 1.21 bits per heavy atom. The molecule has 2 rings (SSSR count). The van der Waals surface area contributed by atoms with Crippen LogP contribution in [0.5, 0.6) is 0 Å². The molecule has 0 aliphatic heterocycles. The van der Waals surface area contributed by atoms with Gasteiger partial charge in [0.2, 0.25) is 0 Å². The zero-order valence-electron chi connectivity index (χ0n) is 9.38. The first-order valence-corrected chi connectivity index (χ1v) is 5.19. The largest absolute Gasteiger partial charge is 0.419 e. The van der Waals surface area contributed by atoms with Gasteiger partial charge in [-0.1, -0.05) is 0 Å². The van der Waals surface area contributed by atoms with Crippen LogP contribution in [0.4, 0.5) is 23.2 Å². The topological polar surface area (TPSA) is 44.9 Å². The highest BCUT2D eigenvalue weighted by atomic mass is 19.4. The molecule has 19 heavy (non-hydrogen) atoms. The Kier molecular flexibility index (Phi) is 3.28. The number of aromatic amines is 1. The SMILES string of the molecule is O=C(Nc1ccc(F)c(C(F)(F)F)c1)c1cc[nH]c1. The Balaban J connectivity index is 2.25. The van der Waals surface area contributed by atoms with E-state index in [0.717, 1.165) is 6.07 Å². The molecule has 0 unspecified atom stereocenters. The number of carbonyl (C=O) groups is 1. The van der Waals surface area contributed by atoms with E-state index in [1.54, 1.807) is 0 Å². The summed E-state index contributed by atoms with van der Waals surface area (Å²) in [5.41, 5.74) is -1.28. The molecule has 1 heterocycles. The molecular formula is C12H8F4N2O. The minimum atomic E-state index is -4.81. The van der Waals surface area contributed by atoms with Gasteiger partial charge in [-0.3, -0.25) is 4.79 Å². The predicted molar refractivity (Wildman–Crippen MR) is 60.1 cm³/mol. The van der Waals surface area contributed by atoms with Gasteiger partial charge in [-0.05, 0) is 24.3 Å². The average molecular weight is 272 g/mol. The van der Waals surface area contributed by atoms with Crippen LogP contribution < -0.4 is 5.32 Å². The van der Waals surface area contributed by atoms with E-state index in [9.17, 15) is 22.4 Å². The molecule has 1 aromatic heterocycles. The van der Waals surface area contributed by atoms with Crippen LogP contribution in [0, 0.1) is 5.82 Å². The highest BCUT2D eigenvalue weighted by Gasteiger charge is 2.34. The minimum Gasteiger partial charge on any atom is -0.367 e. The van der Waals surface area contributed by atoms with Gasteiger partial charge in [-0.2, -0.15) is 13.2 Å². The van der Waals surface area contributed by atoms with Gasteiger partial charge in [0.1, 0.15) is 5.82 Å². The number of anilines is 1. The summed E-state index contributed by atoms with van der Waals surface area (Å²) in [7, 11) is 0. The molecule has 2 aromatic rings. The summed E-state index contributed by atoms with van der Waals surface area (Å²) in [5, 5.41) is 2.26. The van der Waals surface area contributed by atoms with Gasteiger partial charge in [0.05, 0.1) is 11.1 Å². The predicted octanol–water partition coefficient (Wildman–Crippen LogP) is 3.42. The van der Waals surface area contributed by atoms with E-state index in [2.05, 4.69) is 10.3 Å². The van der Waals surface area contributed by atoms with Crippen LogP contribution in [0.3, 0.4) is 0 Å².